The average molecular weight is 1010 g/mol. The number of hydrogen-bond donors (Lipinski definition) is 0. The summed E-state index contributed by atoms with van der Waals surface area (Å²) in [7, 11) is 0. The van der Waals surface area contributed by atoms with Crippen LogP contribution in [0.2, 0.25) is 0 Å². The van der Waals surface area contributed by atoms with Gasteiger partial charge in [-0.05, 0) is 77.0 Å². The van der Waals surface area contributed by atoms with Gasteiger partial charge < -0.3 is 14.2 Å². The van der Waals surface area contributed by atoms with Gasteiger partial charge in [0.1, 0.15) is 13.2 Å². The number of carbonyl (C=O) groups is 3. The van der Waals surface area contributed by atoms with Crippen LogP contribution in [0.25, 0.3) is 0 Å². The van der Waals surface area contributed by atoms with Gasteiger partial charge in [0.2, 0.25) is 0 Å². The van der Waals surface area contributed by atoms with Gasteiger partial charge in [-0.15, -0.1) is 0 Å². The molecule has 0 saturated heterocycles. The molecule has 0 rings (SSSR count). The third-order valence-corrected chi connectivity index (χ3v) is 14.4. The van der Waals surface area contributed by atoms with Crippen LogP contribution in [0, 0.1) is 0 Å². The summed E-state index contributed by atoms with van der Waals surface area (Å²) in [5.74, 6) is -0.873. The zero-order valence-electron chi connectivity index (χ0n) is 48.5. The number of ether oxygens (including phenoxy) is 3. The minimum absolute atomic E-state index is 0.0709. The Morgan fingerprint density at radius 1 is 0.278 bits per heavy atom. The van der Waals surface area contributed by atoms with E-state index >= 15 is 0 Å². The molecule has 0 N–H and O–H groups in total. The fraction of sp³-hybridized carbons (Fsp3) is 0.864. The zero-order chi connectivity index (χ0) is 52.2. The van der Waals surface area contributed by atoms with Crippen molar-refractivity contribution in [2.24, 2.45) is 0 Å². The van der Waals surface area contributed by atoms with Gasteiger partial charge in [-0.1, -0.05) is 288 Å². The van der Waals surface area contributed by atoms with Crippen molar-refractivity contribution in [3.05, 3.63) is 36.5 Å². The fourth-order valence-electron chi connectivity index (χ4n) is 9.53. The van der Waals surface area contributed by atoms with E-state index in [0.717, 1.165) is 70.6 Å². The molecule has 0 aliphatic carbocycles. The van der Waals surface area contributed by atoms with Crippen molar-refractivity contribution in [1.29, 1.82) is 0 Å². The Labute approximate surface area is 448 Å². The molecule has 1 atom stereocenters. The number of esters is 3. The topological polar surface area (TPSA) is 78.9 Å². The molecule has 6 nitrogen and oxygen atoms in total. The average Bonchev–Trinajstić information content (AvgIpc) is 3.38. The van der Waals surface area contributed by atoms with E-state index in [1.54, 1.807) is 0 Å². The lowest BCUT2D eigenvalue weighted by Gasteiger charge is -2.18. The third-order valence-electron chi connectivity index (χ3n) is 14.4. The third kappa shape index (κ3) is 58.5. The molecule has 0 aromatic rings. The van der Waals surface area contributed by atoms with Gasteiger partial charge in [0.05, 0.1) is 0 Å². The number of unbranched alkanes of at least 4 members (excludes halogenated alkanes) is 42. The van der Waals surface area contributed by atoms with Gasteiger partial charge >= 0.3 is 17.9 Å². The van der Waals surface area contributed by atoms with Crippen molar-refractivity contribution in [3.63, 3.8) is 0 Å². The molecule has 0 saturated carbocycles. The highest BCUT2D eigenvalue weighted by atomic mass is 16.6. The molecule has 6 heteroatoms. The molecule has 72 heavy (non-hydrogen) atoms. The minimum atomic E-state index is -0.769. The molecule has 0 aliphatic rings. The summed E-state index contributed by atoms with van der Waals surface area (Å²) in [6.07, 6.45) is 75.0. The maximum absolute atomic E-state index is 12.8. The lowest BCUT2D eigenvalue weighted by molar-refractivity contribution is -0.167. The molecule has 0 radical (unpaired) electrons. The number of hydrogen-bond acceptors (Lipinski definition) is 6. The van der Waals surface area contributed by atoms with Crippen LogP contribution in [0.15, 0.2) is 36.5 Å². The second-order valence-electron chi connectivity index (χ2n) is 21.7. The SMILES string of the molecule is CCCCCC/C=C\CCCCCCCC(=O)OC(COC(=O)CCCCCCCC)COC(=O)CCCCCCCCCCCCCCCCCCCCCCCCC/C=C\C/C=C\CCCCCCC. The van der Waals surface area contributed by atoms with Crippen LogP contribution in [0.3, 0.4) is 0 Å². The van der Waals surface area contributed by atoms with E-state index in [1.807, 2.05) is 0 Å². The van der Waals surface area contributed by atoms with E-state index < -0.39 is 6.10 Å². The summed E-state index contributed by atoms with van der Waals surface area (Å²) in [4.78, 5) is 37.8. The van der Waals surface area contributed by atoms with Crippen LogP contribution >= 0.6 is 0 Å². The zero-order valence-corrected chi connectivity index (χ0v) is 48.5. The van der Waals surface area contributed by atoms with Gasteiger partial charge in [0.25, 0.3) is 0 Å². The van der Waals surface area contributed by atoms with Crippen LogP contribution in [0.1, 0.15) is 348 Å². The predicted molar refractivity (Wildman–Crippen MR) is 312 cm³/mol. The van der Waals surface area contributed by atoms with Crippen LogP contribution < -0.4 is 0 Å². The molecular weight excluding hydrogens is 889 g/mol. The Bertz CT molecular complexity index is 1210. The van der Waals surface area contributed by atoms with Gasteiger partial charge in [-0.2, -0.15) is 0 Å². The summed E-state index contributed by atoms with van der Waals surface area (Å²) in [5, 5.41) is 0. The molecule has 0 amide bonds. The highest BCUT2D eigenvalue weighted by Gasteiger charge is 2.19. The predicted octanol–water partition coefficient (Wildman–Crippen LogP) is 21.6. The molecule has 0 bridgehead atoms. The first-order chi connectivity index (χ1) is 35.5. The van der Waals surface area contributed by atoms with Crippen LogP contribution in [0.4, 0.5) is 0 Å². The van der Waals surface area contributed by atoms with Crippen molar-refractivity contribution in [1.82, 2.24) is 0 Å². The van der Waals surface area contributed by atoms with Gasteiger partial charge in [-0.25, -0.2) is 0 Å². The summed E-state index contributed by atoms with van der Waals surface area (Å²) in [6, 6.07) is 0. The second-order valence-corrected chi connectivity index (χ2v) is 21.7. The second kappa shape index (κ2) is 61.2. The van der Waals surface area contributed by atoms with Crippen molar-refractivity contribution in [2.45, 2.75) is 354 Å². The Balaban J connectivity index is 3.86. The molecule has 0 spiro atoms. The van der Waals surface area contributed by atoms with E-state index in [4.69, 9.17) is 14.2 Å². The summed E-state index contributed by atoms with van der Waals surface area (Å²) >= 11 is 0. The van der Waals surface area contributed by atoms with Crippen LogP contribution in [-0.2, 0) is 28.6 Å². The van der Waals surface area contributed by atoms with Gasteiger partial charge in [0.15, 0.2) is 6.10 Å². The standard InChI is InChI=1S/C66H122O6/c1-4-7-10-13-16-18-20-22-23-24-25-26-27-28-29-30-31-32-33-34-35-36-37-38-39-40-41-42-43-45-46-48-50-53-56-59-65(68)71-62-63(61-70-64(67)58-55-52-15-12-9-6-3)72-66(69)60-57-54-51-49-47-44-21-19-17-14-11-8-5-2/h19-22,24-25,63H,4-18,23,26-62H2,1-3H3/b21-19-,22-20-,25-24-. The normalized spacial score (nSPS) is 12.2. The van der Waals surface area contributed by atoms with E-state index in [-0.39, 0.29) is 31.1 Å². The van der Waals surface area contributed by atoms with Crippen LogP contribution in [-0.4, -0.2) is 37.2 Å². The fourth-order valence-corrected chi connectivity index (χ4v) is 9.53. The highest BCUT2D eigenvalue weighted by molar-refractivity contribution is 5.71. The van der Waals surface area contributed by atoms with Crippen molar-refractivity contribution >= 4 is 17.9 Å². The number of allylic oxidation sites excluding steroid dienone is 6. The molecule has 0 heterocycles. The van der Waals surface area contributed by atoms with Gasteiger partial charge in [-0.3, -0.25) is 14.4 Å². The first-order valence-corrected chi connectivity index (χ1v) is 32.0. The molecule has 1 unspecified atom stereocenters. The van der Waals surface area contributed by atoms with E-state index in [2.05, 4.69) is 57.2 Å². The highest BCUT2D eigenvalue weighted by Crippen LogP contribution is 2.17. The van der Waals surface area contributed by atoms with Gasteiger partial charge in [0, 0.05) is 19.3 Å². The molecule has 0 fully saturated rings. The van der Waals surface area contributed by atoms with E-state index in [1.165, 1.54) is 238 Å². The Kier molecular flexibility index (Phi) is 59.2. The lowest BCUT2D eigenvalue weighted by atomic mass is 10.0. The summed E-state index contributed by atoms with van der Waals surface area (Å²) < 4.78 is 16.8. The molecule has 0 aliphatic heterocycles. The Hall–Kier alpha value is -2.37. The quantitative estimate of drug-likeness (QED) is 0.0261. The Morgan fingerprint density at radius 2 is 0.500 bits per heavy atom. The molecular formula is C66H122O6. The van der Waals surface area contributed by atoms with Crippen molar-refractivity contribution < 1.29 is 28.6 Å². The maximum Gasteiger partial charge on any atom is 0.306 e. The van der Waals surface area contributed by atoms with E-state index in [9.17, 15) is 14.4 Å². The lowest BCUT2D eigenvalue weighted by Crippen LogP contribution is -2.30. The first kappa shape index (κ1) is 69.6. The molecule has 0 aromatic carbocycles. The summed E-state index contributed by atoms with van der Waals surface area (Å²) in [5.41, 5.74) is 0. The minimum Gasteiger partial charge on any atom is -0.462 e. The Morgan fingerprint density at radius 3 is 0.792 bits per heavy atom. The molecule has 0 aromatic heterocycles. The smallest absolute Gasteiger partial charge is 0.306 e. The largest absolute Gasteiger partial charge is 0.462 e. The van der Waals surface area contributed by atoms with Crippen molar-refractivity contribution in [2.75, 3.05) is 13.2 Å². The maximum atomic E-state index is 12.8. The number of carbonyl (C=O) groups excluding carboxylic acids is 3. The van der Waals surface area contributed by atoms with Crippen molar-refractivity contribution in [3.8, 4) is 0 Å². The monoisotopic (exact) mass is 1010 g/mol. The van der Waals surface area contributed by atoms with Crippen LogP contribution in [0.5, 0.6) is 0 Å². The first-order valence-electron chi connectivity index (χ1n) is 32.0. The van der Waals surface area contributed by atoms with E-state index in [0.29, 0.717) is 19.3 Å². The molecule has 422 valence electrons. The number of rotatable bonds is 59. The summed E-state index contributed by atoms with van der Waals surface area (Å²) in [6.45, 7) is 6.58.